The Hall–Kier alpha value is -0.630. The molecule has 6 nitrogen and oxygen atoms in total. The second-order valence-electron chi connectivity index (χ2n) is 3.25. The zero-order chi connectivity index (χ0) is 11.6. The van der Waals surface area contributed by atoms with Crippen LogP contribution in [0.15, 0.2) is 11.2 Å². The summed E-state index contributed by atoms with van der Waals surface area (Å²) in [5.74, 6) is 0. The van der Waals surface area contributed by atoms with E-state index < -0.39 is 10.0 Å². The third-order valence-electron chi connectivity index (χ3n) is 1.69. The maximum Gasteiger partial charge on any atom is 0.259 e. The third kappa shape index (κ3) is 2.91. The molecule has 3 N–H and O–H groups in total. The third-order valence-corrected chi connectivity index (χ3v) is 3.62. The molecule has 86 valence electrons. The highest BCUT2D eigenvalue weighted by atomic mass is 35.5. The summed E-state index contributed by atoms with van der Waals surface area (Å²) in [4.78, 5) is 0. The molecule has 1 heterocycles. The number of hydrogen-bond donors (Lipinski definition) is 2. The fourth-order valence-corrected chi connectivity index (χ4v) is 2.81. The van der Waals surface area contributed by atoms with Crippen molar-refractivity contribution < 1.29 is 8.42 Å². The van der Waals surface area contributed by atoms with Gasteiger partial charge in [0.2, 0.25) is 0 Å². The Morgan fingerprint density at radius 1 is 1.73 bits per heavy atom. The topological polar surface area (TPSA) is 90.0 Å². The zero-order valence-electron chi connectivity index (χ0n) is 8.44. The van der Waals surface area contributed by atoms with Crippen LogP contribution in [-0.4, -0.2) is 30.8 Å². The number of nitrogens with one attached hydrogen (secondary N) is 1. The van der Waals surface area contributed by atoms with Crippen LogP contribution in [0.25, 0.3) is 0 Å². The monoisotopic (exact) mass is 252 g/mol. The van der Waals surface area contributed by atoms with E-state index in [9.17, 15) is 8.42 Å². The van der Waals surface area contributed by atoms with Gasteiger partial charge in [-0.15, -0.1) is 0 Å². The molecule has 0 saturated carbocycles. The first-order chi connectivity index (χ1) is 6.84. The predicted molar refractivity (Wildman–Crippen MR) is 57.1 cm³/mol. The van der Waals surface area contributed by atoms with Crippen molar-refractivity contribution in [2.75, 3.05) is 6.54 Å². The molecule has 1 rings (SSSR count). The summed E-state index contributed by atoms with van der Waals surface area (Å²) in [5.41, 5.74) is 5.45. The molecule has 0 radical (unpaired) electrons. The fraction of sp³-hybridized carbons (Fsp3) is 0.571. The quantitative estimate of drug-likeness (QED) is 0.770. The maximum absolute atomic E-state index is 11.7. The lowest BCUT2D eigenvalue weighted by Crippen LogP contribution is -2.36. The standard InChI is InChI=1S/C7H13ClN4O2S/c1-5(9)3-11-15(13,14)7-6(8)4-10-12(7)2/h4-5,11H,3,9H2,1-2H3. The van der Waals surface area contributed by atoms with Crippen LogP contribution >= 0.6 is 11.6 Å². The molecule has 1 unspecified atom stereocenters. The van der Waals surface area contributed by atoms with Crippen LogP contribution in [0.2, 0.25) is 5.02 Å². The number of halogens is 1. The van der Waals surface area contributed by atoms with Crippen LogP contribution in [0.3, 0.4) is 0 Å². The van der Waals surface area contributed by atoms with Crippen LogP contribution < -0.4 is 10.5 Å². The van der Waals surface area contributed by atoms with Gasteiger partial charge < -0.3 is 5.73 Å². The van der Waals surface area contributed by atoms with Gasteiger partial charge in [-0.25, -0.2) is 13.1 Å². The van der Waals surface area contributed by atoms with Crippen molar-refractivity contribution in [1.82, 2.24) is 14.5 Å². The fourth-order valence-electron chi connectivity index (χ4n) is 1.01. The van der Waals surface area contributed by atoms with Crippen molar-refractivity contribution >= 4 is 21.6 Å². The van der Waals surface area contributed by atoms with E-state index >= 15 is 0 Å². The average molecular weight is 253 g/mol. The lowest BCUT2D eigenvalue weighted by atomic mass is 10.4. The summed E-state index contributed by atoms with van der Waals surface area (Å²) in [6, 6.07) is -0.258. The molecular formula is C7H13ClN4O2S. The van der Waals surface area contributed by atoms with Crippen molar-refractivity contribution in [1.29, 1.82) is 0 Å². The summed E-state index contributed by atoms with van der Waals surface area (Å²) in [6.45, 7) is 1.86. The molecule has 0 aliphatic rings. The maximum atomic E-state index is 11.7. The number of nitrogens with zero attached hydrogens (tertiary/aromatic N) is 2. The molecular weight excluding hydrogens is 240 g/mol. The number of aromatic nitrogens is 2. The van der Waals surface area contributed by atoms with E-state index in [0.29, 0.717) is 0 Å². The molecule has 1 atom stereocenters. The summed E-state index contributed by atoms with van der Waals surface area (Å²) in [5, 5.41) is 3.79. The molecule has 1 aromatic rings. The lowest BCUT2D eigenvalue weighted by Gasteiger charge is -2.09. The summed E-state index contributed by atoms with van der Waals surface area (Å²) in [6.07, 6.45) is 1.28. The first kappa shape index (κ1) is 12.4. The van der Waals surface area contributed by atoms with Crippen LogP contribution in [-0.2, 0) is 17.1 Å². The average Bonchev–Trinajstić information content (AvgIpc) is 2.43. The zero-order valence-corrected chi connectivity index (χ0v) is 10.0. The molecule has 8 heteroatoms. The van der Waals surface area contributed by atoms with Crippen LogP contribution in [0, 0.1) is 0 Å². The number of nitrogens with two attached hydrogens (primary N) is 1. The summed E-state index contributed by atoms with van der Waals surface area (Å²) < 4.78 is 27.0. The smallest absolute Gasteiger partial charge is 0.259 e. The Bertz CT molecular complexity index is 420. The Balaban J connectivity index is 2.96. The van der Waals surface area contributed by atoms with Crippen LogP contribution in [0.4, 0.5) is 0 Å². The van der Waals surface area contributed by atoms with Crippen LogP contribution in [0.1, 0.15) is 6.92 Å². The first-order valence-corrected chi connectivity index (χ1v) is 6.13. The molecule has 15 heavy (non-hydrogen) atoms. The second-order valence-corrected chi connectivity index (χ2v) is 5.34. The van der Waals surface area contributed by atoms with Gasteiger partial charge in [-0.05, 0) is 6.92 Å². The highest BCUT2D eigenvalue weighted by molar-refractivity contribution is 7.89. The predicted octanol–water partition coefficient (Wildman–Crippen LogP) is -0.301. The first-order valence-electron chi connectivity index (χ1n) is 4.27. The Labute approximate surface area is 93.5 Å². The lowest BCUT2D eigenvalue weighted by molar-refractivity contribution is 0.557. The Kier molecular flexibility index (Phi) is 3.72. The molecule has 0 bridgehead atoms. The number of aryl methyl sites for hydroxylation is 1. The SMILES string of the molecule is CC(N)CNS(=O)(=O)c1c(Cl)cnn1C. The number of sulfonamides is 1. The minimum atomic E-state index is -3.63. The van der Waals surface area contributed by atoms with Gasteiger partial charge in [-0.2, -0.15) is 5.10 Å². The van der Waals surface area contributed by atoms with Gasteiger partial charge >= 0.3 is 0 Å². The minimum Gasteiger partial charge on any atom is -0.327 e. The van der Waals surface area contributed by atoms with Crippen molar-refractivity contribution in [3.63, 3.8) is 0 Å². The minimum absolute atomic E-state index is 0.0511. The summed E-state index contributed by atoms with van der Waals surface area (Å²) >= 11 is 5.71. The Morgan fingerprint density at radius 2 is 2.33 bits per heavy atom. The van der Waals surface area contributed by atoms with E-state index in [1.165, 1.54) is 17.9 Å². The highest BCUT2D eigenvalue weighted by Gasteiger charge is 2.22. The molecule has 0 spiro atoms. The normalized spacial score (nSPS) is 14.1. The van der Waals surface area contributed by atoms with Crippen molar-refractivity contribution in [2.45, 2.75) is 18.0 Å². The van der Waals surface area contributed by atoms with Gasteiger partial charge in [0.25, 0.3) is 10.0 Å². The molecule has 0 aliphatic heterocycles. The molecule has 0 aliphatic carbocycles. The second kappa shape index (κ2) is 4.48. The van der Waals surface area contributed by atoms with E-state index in [4.69, 9.17) is 17.3 Å². The number of rotatable bonds is 4. The largest absolute Gasteiger partial charge is 0.327 e. The highest BCUT2D eigenvalue weighted by Crippen LogP contribution is 2.19. The van der Waals surface area contributed by atoms with Gasteiger partial charge in [0.05, 0.1) is 11.2 Å². The van der Waals surface area contributed by atoms with E-state index in [0.717, 1.165) is 0 Å². The number of hydrogen-bond acceptors (Lipinski definition) is 4. The van der Waals surface area contributed by atoms with Gasteiger partial charge in [-0.1, -0.05) is 11.6 Å². The van der Waals surface area contributed by atoms with Crippen molar-refractivity contribution in [3.05, 3.63) is 11.2 Å². The van der Waals surface area contributed by atoms with Gasteiger partial charge in [-0.3, -0.25) is 4.68 Å². The van der Waals surface area contributed by atoms with E-state index in [-0.39, 0.29) is 22.6 Å². The van der Waals surface area contributed by atoms with E-state index in [1.54, 1.807) is 6.92 Å². The molecule has 0 amide bonds. The molecule has 0 fully saturated rings. The van der Waals surface area contributed by atoms with E-state index in [2.05, 4.69) is 9.82 Å². The Morgan fingerprint density at radius 3 is 2.73 bits per heavy atom. The van der Waals surface area contributed by atoms with Gasteiger partial charge in [0, 0.05) is 19.6 Å². The van der Waals surface area contributed by atoms with E-state index in [1.807, 2.05) is 0 Å². The van der Waals surface area contributed by atoms with Gasteiger partial charge in [0.1, 0.15) is 0 Å². The molecule has 0 aromatic carbocycles. The van der Waals surface area contributed by atoms with Gasteiger partial charge in [0.15, 0.2) is 5.03 Å². The van der Waals surface area contributed by atoms with Crippen molar-refractivity contribution in [2.24, 2.45) is 12.8 Å². The molecule has 0 saturated heterocycles. The van der Waals surface area contributed by atoms with Crippen molar-refractivity contribution in [3.8, 4) is 0 Å². The summed E-state index contributed by atoms with van der Waals surface area (Å²) in [7, 11) is -2.13. The van der Waals surface area contributed by atoms with Crippen LogP contribution in [0.5, 0.6) is 0 Å². The molecule has 1 aromatic heterocycles.